The molecule has 0 aliphatic heterocycles. The summed E-state index contributed by atoms with van der Waals surface area (Å²) < 4.78 is 31.8. The third kappa shape index (κ3) is 5.71. The molecule has 24 heavy (non-hydrogen) atoms. The van der Waals surface area contributed by atoms with Crippen LogP contribution in [0.25, 0.3) is 0 Å². The van der Waals surface area contributed by atoms with Gasteiger partial charge in [0, 0.05) is 23.4 Å². The fourth-order valence-corrected chi connectivity index (χ4v) is 2.63. The van der Waals surface area contributed by atoms with Gasteiger partial charge in [-0.05, 0) is 30.5 Å². The van der Waals surface area contributed by atoms with E-state index < -0.39 is 11.6 Å². The SMILES string of the molecule is O=C(CCCCCBr)c1ccc(COc2cc(F)ccc2F)cc1. The molecule has 0 fully saturated rings. The number of alkyl halides is 1. The third-order valence-electron chi connectivity index (χ3n) is 3.60. The summed E-state index contributed by atoms with van der Waals surface area (Å²) in [4.78, 5) is 12.0. The van der Waals surface area contributed by atoms with Crippen LogP contribution in [0, 0.1) is 11.6 Å². The number of halogens is 3. The van der Waals surface area contributed by atoms with Crippen LogP contribution in [0.2, 0.25) is 0 Å². The quantitative estimate of drug-likeness (QED) is 0.309. The zero-order valence-electron chi connectivity index (χ0n) is 13.2. The highest BCUT2D eigenvalue weighted by molar-refractivity contribution is 9.09. The second kappa shape index (κ2) is 9.52. The van der Waals surface area contributed by atoms with Crippen LogP contribution in [0.4, 0.5) is 8.78 Å². The van der Waals surface area contributed by atoms with Gasteiger partial charge in [0.1, 0.15) is 12.4 Å². The number of Topliss-reactive ketones (excluding diaryl/α,β-unsaturated/α-hetero) is 1. The molecular weight excluding hydrogens is 378 g/mol. The zero-order chi connectivity index (χ0) is 17.4. The van der Waals surface area contributed by atoms with Crippen molar-refractivity contribution in [1.29, 1.82) is 0 Å². The molecule has 0 unspecified atom stereocenters. The van der Waals surface area contributed by atoms with E-state index >= 15 is 0 Å². The number of unbranched alkanes of at least 4 members (excludes halogenated alkanes) is 2. The van der Waals surface area contributed by atoms with Crippen LogP contribution in [0.1, 0.15) is 41.6 Å². The van der Waals surface area contributed by atoms with Crippen LogP contribution in [-0.2, 0) is 6.61 Å². The van der Waals surface area contributed by atoms with Crippen LogP contribution in [0.3, 0.4) is 0 Å². The van der Waals surface area contributed by atoms with Gasteiger partial charge < -0.3 is 4.74 Å². The Balaban J connectivity index is 1.87. The van der Waals surface area contributed by atoms with Gasteiger partial charge in [-0.15, -0.1) is 0 Å². The van der Waals surface area contributed by atoms with Gasteiger partial charge in [0.25, 0.3) is 0 Å². The summed E-state index contributed by atoms with van der Waals surface area (Å²) in [6.07, 6.45) is 3.52. The lowest BCUT2D eigenvalue weighted by Crippen LogP contribution is -2.01. The Labute approximate surface area is 149 Å². The fraction of sp³-hybridized carbons (Fsp3) is 0.316. The van der Waals surface area contributed by atoms with Gasteiger partial charge in [-0.3, -0.25) is 4.79 Å². The molecule has 2 rings (SSSR count). The summed E-state index contributed by atoms with van der Waals surface area (Å²) in [7, 11) is 0. The molecule has 5 heteroatoms. The van der Waals surface area contributed by atoms with Crippen LogP contribution in [0.15, 0.2) is 42.5 Å². The van der Waals surface area contributed by atoms with Crippen LogP contribution >= 0.6 is 15.9 Å². The Bertz CT molecular complexity index is 672. The average molecular weight is 397 g/mol. The predicted octanol–water partition coefficient (Wildman–Crippen LogP) is 5.68. The predicted molar refractivity (Wildman–Crippen MR) is 93.7 cm³/mol. The van der Waals surface area contributed by atoms with Gasteiger partial charge in [0.05, 0.1) is 0 Å². The number of hydrogen-bond acceptors (Lipinski definition) is 2. The molecule has 0 N–H and O–H groups in total. The Morgan fingerprint density at radius 1 is 1.00 bits per heavy atom. The Morgan fingerprint density at radius 2 is 1.75 bits per heavy atom. The lowest BCUT2D eigenvalue weighted by atomic mass is 10.0. The molecule has 0 atom stereocenters. The second-order valence-electron chi connectivity index (χ2n) is 5.48. The monoisotopic (exact) mass is 396 g/mol. The molecule has 2 nitrogen and oxygen atoms in total. The number of carbonyl (C=O) groups excluding carboxylic acids is 1. The highest BCUT2D eigenvalue weighted by Crippen LogP contribution is 2.19. The van der Waals surface area contributed by atoms with E-state index in [2.05, 4.69) is 15.9 Å². The molecule has 0 radical (unpaired) electrons. The van der Waals surface area contributed by atoms with Crippen molar-refractivity contribution in [3.63, 3.8) is 0 Å². The van der Waals surface area contributed by atoms with Crippen molar-refractivity contribution >= 4 is 21.7 Å². The van der Waals surface area contributed by atoms with Crippen molar-refractivity contribution in [2.24, 2.45) is 0 Å². The standard InChI is InChI=1S/C19H19BrF2O2/c20-11-3-1-2-4-18(23)15-7-5-14(6-8-15)13-24-19-12-16(21)9-10-17(19)22/h5-10,12H,1-4,11,13H2. The summed E-state index contributed by atoms with van der Waals surface area (Å²) in [5.41, 5.74) is 1.45. The summed E-state index contributed by atoms with van der Waals surface area (Å²) in [5, 5.41) is 0.960. The first-order valence-electron chi connectivity index (χ1n) is 7.86. The molecule has 0 aliphatic carbocycles. The average Bonchev–Trinajstić information content (AvgIpc) is 2.60. The highest BCUT2D eigenvalue weighted by atomic mass is 79.9. The normalized spacial score (nSPS) is 10.6. The Kier molecular flexibility index (Phi) is 7.37. The Hall–Kier alpha value is -1.75. The van der Waals surface area contributed by atoms with Crippen molar-refractivity contribution in [3.05, 3.63) is 65.2 Å². The first kappa shape index (κ1) is 18.6. The van der Waals surface area contributed by atoms with E-state index in [0.717, 1.165) is 48.4 Å². The molecule has 2 aromatic rings. The van der Waals surface area contributed by atoms with E-state index in [1.54, 1.807) is 24.3 Å². The maximum Gasteiger partial charge on any atom is 0.165 e. The van der Waals surface area contributed by atoms with Gasteiger partial charge in [0.15, 0.2) is 17.3 Å². The topological polar surface area (TPSA) is 26.3 Å². The van der Waals surface area contributed by atoms with Crippen molar-refractivity contribution in [2.75, 3.05) is 5.33 Å². The zero-order valence-corrected chi connectivity index (χ0v) is 14.8. The molecule has 0 aromatic heterocycles. The molecule has 2 aromatic carbocycles. The van der Waals surface area contributed by atoms with Crippen molar-refractivity contribution in [2.45, 2.75) is 32.3 Å². The van der Waals surface area contributed by atoms with Crippen molar-refractivity contribution < 1.29 is 18.3 Å². The number of ether oxygens (including phenoxy) is 1. The van der Waals surface area contributed by atoms with Gasteiger partial charge in [0.2, 0.25) is 0 Å². The molecule has 0 aliphatic rings. The lowest BCUT2D eigenvalue weighted by Gasteiger charge is -2.08. The fourth-order valence-electron chi connectivity index (χ4n) is 2.24. The first-order chi connectivity index (χ1) is 11.6. The maximum atomic E-state index is 13.5. The van der Waals surface area contributed by atoms with Gasteiger partial charge >= 0.3 is 0 Å². The van der Waals surface area contributed by atoms with Crippen LogP contribution in [0.5, 0.6) is 5.75 Å². The first-order valence-corrected chi connectivity index (χ1v) is 8.98. The molecule has 0 bridgehead atoms. The lowest BCUT2D eigenvalue weighted by molar-refractivity contribution is 0.0979. The van der Waals surface area contributed by atoms with E-state index in [9.17, 15) is 13.6 Å². The summed E-state index contributed by atoms with van der Waals surface area (Å²) in [6.45, 7) is 0.111. The molecular formula is C19H19BrF2O2. The van der Waals surface area contributed by atoms with E-state index in [0.29, 0.717) is 12.0 Å². The number of ketones is 1. The molecule has 0 spiro atoms. The smallest absolute Gasteiger partial charge is 0.165 e. The molecule has 0 heterocycles. The number of rotatable bonds is 9. The number of carbonyl (C=O) groups is 1. The van der Waals surface area contributed by atoms with E-state index in [1.807, 2.05) is 0 Å². The summed E-state index contributed by atoms with van der Waals surface area (Å²) in [6, 6.07) is 10.1. The number of benzene rings is 2. The largest absolute Gasteiger partial charge is 0.486 e. The van der Waals surface area contributed by atoms with Gasteiger partial charge in [-0.1, -0.05) is 46.6 Å². The van der Waals surface area contributed by atoms with Gasteiger partial charge in [-0.25, -0.2) is 8.78 Å². The van der Waals surface area contributed by atoms with Crippen molar-refractivity contribution in [3.8, 4) is 5.75 Å². The molecule has 0 saturated carbocycles. The summed E-state index contributed by atoms with van der Waals surface area (Å²) in [5.74, 6) is -1.16. The van der Waals surface area contributed by atoms with E-state index in [4.69, 9.17) is 4.74 Å². The summed E-state index contributed by atoms with van der Waals surface area (Å²) >= 11 is 3.37. The molecule has 0 amide bonds. The highest BCUT2D eigenvalue weighted by Gasteiger charge is 2.07. The van der Waals surface area contributed by atoms with Crippen LogP contribution in [-0.4, -0.2) is 11.1 Å². The van der Waals surface area contributed by atoms with E-state index in [1.165, 1.54) is 0 Å². The second-order valence-corrected chi connectivity index (χ2v) is 6.28. The minimum atomic E-state index is -0.605. The maximum absolute atomic E-state index is 13.5. The number of hydrogen-bond donors (Lipinski definition) is 0. The minimum absolute atomic E-state index is 0.111. The molecule has 0 saturated heterocycles. The van der Waals surface area contributed by atoms with Gasteiger partial charge in [-0.2, -0.15) is 0 Å². The molecule has 128 valence electrons. The van der Waals surface area contributed by atoms with Crippen molar-refractivity contribution in [1.82, 2.24) is 0 Å². The Morgan fingerprint density at radius 3 is 2.46 bits per heavy atom. The van der Waals surface area contributed by atoms with Crippen LogP contribution < -0.4 is 4.74 Å². The van der Waals surface area contributed by atoms with E-state index in [-0.39, 0.29) is 18.1 Å². The minimum Gasteiger partial charge on any atom is -0.486 e. The third-order valence-corrected chi connectivity index (χ3v) is 4.16.